The van der Waals surface area contributed by atoms with E-state index in [1.807, 2.05) is 50.3 Å². The molecular formula is C16H22O4. The Morgan fingerprint density at radius 3 is 1.60 bits per heavy atom. The van der Waals surface area contributed by atoms with Crippen LogP contribution in [0.5, 0.6) is 11.5 Å². The van der Waals surface area contributed by atoms with E-state index in [0.29, 0.717) is 37.9 Å². The molecule has 0 aliphatic carbocycles. The molecule has 0 saturated carbocycles. The highest BCUT2D eigenvalue weighted by Crippen LogP contribution is 2.26. The SMILES string of the molecule is C/C=C\OCCOc1ccccc1OCCO/C=C/C. The zero-order valence-electron chi connectivity index (χ0n) is 12.1. The Morgan fingerprint density at radius 1 is 0.750 bits per heavy atom. The molecule has 0 atom stereocenters. The monoisotopic (exact) mass is 278 g/mol. The van der Waals surface area contributed by atoms with Crippen LogP contribution in [0.2, 0.25) is 0 Å². The first-order valence-electron chi connectivity index (χ1n) is 6.68. The lowest BCUT2D eigenvalue weighted by Crippen LogP contribution is -2.08. The van der Waals surface area contributed by atoms with Crippen molar-refractivity contribution in [2.45, 2.75) is 13.8 Å². The highest BCUT2D eigenvalue weighted by Gasteiger charge is 2.03. The van der Waals surface area contributed by atoms with Crippen LogP contribution >= 0.6 is 0 Å². The van der Waals surface area contributed by atoms with E-state index in [2.05, 4.69) is 0 Å². The summed E-state index contributed by atoms with van der Waals surface area (Å²) >= 11 is 0. The predicted octanol–water partition coefficient (Wildman–Crippen LogP) is 3.54. The molecule has 4 heteroatoms. The summed E-state index contributed by atoms with van der Waals surface area (Å²) in [6.45, 7) is 5.76. The number of benzene rings is 1. The molecule has 1 aromatic carbocycles. The van der Waals surface area contributed by atoms with Crippen LogP contribution in [0.3, 0.4) is 0 Å². The highest BCUT2D eigenvalue weighted by atomic mass is 16.5. The number of rotatable bonds is 10. The van der Waals surface area contributed by atoms with Gasteiger partial charge < -0.3 is 18.9 Å². The second kappa shape index (κ2) is 10.8. The van der Waals surface area contributed by atoms with Gasteiger partial charge in [-0.05, 0) is 26.0 Å². The number of hydrogen-bond acceptors (Lipinski definition) is 4. The van der Waals surface area contributed by atoms with Crippen LogP contribution < -0.4 is 9.47 Å². The molecule has 0 heterocycles. The molecule has 0 aromatic heterocycles. The van der Waals surface area contributed by atoms with Gasteiger partial charge in [-0.2, -0.15) is 0 Å². The van der Waals surface area contributed by atoms with Gasteiger partial charge in [0.15, 0.2) is 11.5 Å². The molecule has 0 bridgehead atoms. The summed E-state index contributed by atoms with van der Waals surface area (Å²) in [5.41, 5.74) is 0. The van der Waals surface area contributed by atoms with Crippen molar-refractivity contribution in [3.05, 3.63) is 48.9 Å². The normalized spacial score (nSPS) is 10.9. The Labute approximate surface area is 120 Å². The third-order valence-electron chi connectivity index (χ3n) is 2.23. The van der Waals surface area contributed by atoms with Crippen LogP contribution in [-0.2, 0) is 9.47 Å². The van der Waals surface area contributed by atoms with E-state index in [1.165, 1.54) is 0 Å². The molecule has 0 amide bonds. The quantitative estimate of drug-likeness (QED) is 0.484. The fraction of sp³-hybridized carbons (Fsp3) is 0.375. The van der Waals surface area contributed by atoms with E-state index in [9.17, 15) is 0 Å². The second-order valence-electron chi connectivity index (χ2n) is 3.82. The molecule has 110 valence electrons. The van der Waals surface area contributed by atoms with Gasteiger partial charge in [0.1, 0.15) is 26.4 Å². The lowest BCUT2D eigenvalue weighted by molar-refractivity contribution is 0.160. The molecule has 20 heavy (non-hydrogen) atoms. The van der Waals surface area contributed by atoms with Gasteiger partial charge in [0.25, 0.3) is 0 Å². The maximum Gasteiger partial charge on any atom is 0.161 e. The maximum atomic E-state index is 5.62. The number of hydrogen-bond donors (Lipinski definition) is 0. The fourth-order valence-corrected chi connectivity index (χ4v) is 1.42. The van der Waals surface area contributed by atoms with E-state index in [-0.39, 0.29) is 0 Å². The molecule has 0 fully saturated rings. The van der Waals surface area contributed by atoms with Gasteiger partial charge in [0.2, 0.25) is 0 Å². The van der Waals surface area contributed by atoms with Gasteiger partial charge in [-0.25, -0.2) is 0 Å². The van der Waals surface area contributed by atoms with E-state index in [1.54, 1.807) is 12.5 Å². The standard InChI is InChI=1S/C16H22O4/c1-3-9-17-11-13-19-15-7-5-6-8-16(15)20-14-12-18-10-4-2/h3-10H,11-14H2,1-2H3/b9-3-,10-4+. The van der Waals surface area contributed by atoms with Crippen molar-refractivity contribution in [3.8, 4) is 11.5 Å². The van der Waals surface area contributed by atoms with Gasteiger partial charge in [-0.3, -0.25) is 0 Å². The largest absolute Gasteiger partial charge is 0.498 e. The third kappa shape index (κ3) is 6.73. The molecule has 0 saturated heterocycles. The first kappa shape index (κ1) is 16.0. The molecule has 4 nitrogen and oxygen atoms in total. The lowest BCUT2D eigenvalue weighted by Gasteiger charge is -2.12. The summed E-state index contributed by atoms with van der Waals surface area (Å²) in [5, 5.41) is 0. The van der Waals surface area contributed by atoms with E-state index in [0.717, 1.165) is 0 Å². The highest BCUT2D eigenvalue weighted by molar-refractivity contribution is 5.39. The first-order chi connectivity index (χ1) is 9.88. The van der Waals surface area contributed by atoms with Crippen LogP contribution in [-0.4, -0.2) is 26.4 Å². The Morgan fingerprint density at radius 2 is 1.20 bits per heavy atom. The number of para-hydroxylation sites is 2. The molecule has 0 spiro atoms. The van der Waals surface area contributed by atoms with Gasteiger partial charge >= 0.3 is 0 Å². The fourth-order valence-electron chi connectivity index (χ4n) is 1.42. The molecule has 0 radical (unpaired) electrons. The minimum absolute atomic E-state index is 0.472. The predicted molar refractivity (Wildman–Crippen MR) is 79.0 cm³/mol. The Kier molecular flexibility index (Phi) is 8.61. The molecule has 1 rings (SSSR count). The minimum Gasteiger partial charge on any atom is -0.498 e. The van der Waals surface area contributed by atoms with Crippen molar-refractivity contribution in [1.29, 1.82) is 0 Å². The van der Waals surface area contributed by atoms with Crippen LogP contribution in [0.15, 0.2) is 48.9 Å². The van der Waals surface area contributed by atoms with Crippen molar-refractivity contribution >= 4 is 0 Å². The van der Waals surface area contributed by atoms with Crippen molar-refractivity contribution in [2.75, 3.05) is 26.4 Å². The summed E-state index contributed by atoms with van der Waals surface area (Å²) in [7, 11) is 0. The molecular weight excluding hydrogens is 256 g/mol. The van der Waals surface area contributed by atoms with Crippen molar-refractivity contribution in [3.63, 3.8) is 0 Å². The number of allylic oxidation sites excluding steroid dienone is 2. The average Bonchev–Trinajstić information content (AvgIpc) is 2.48. The summed E-state index contributed by atoms with van der Waals surface area (Å²) in [6, 6.07) is 7.56. The van der Waals surface area contributed by atoms with Gasteiger partial charge in [0.05, 0.1) is 12.5 Å². The summed E-state index contributed by atoms with van der Waals surface area (Å²) in [4.78, 5) is 0. The van der Waals surface area contributed by atoms with Crippen LogP contribution in [0.4, 0.5) is 0 Å². The Bertz CT molecular complexity index is 374. The smallest absolute Gasteiger partial charge is 0.161 e. The van der Waals surface area contributed by atoms with Crippen LogP contribution in [0, 0.1) is 0 Å². The Balaban J connectivity index is 2.34. The number of ether oxygens (including phenoxy) is 4. The molecule has 0 aliphatic rings. The van der Waals surface area contributed by atoms with E-state index in [4.69, 9.17) is 18.9 Å². The first-order valence-corrected chi connectivity index (χ1v) is 6.68. The average molecular weight is 278 g/mol. The van der Waals surface area contributed by atoms with Gasteiger partial charge in [0, 0.05) is 0 Å². The zero-order valence-corrected chi connectivity index (χ0v) is 12.1. The summed E-state index contributed by atoms with van der Waals surface area (Å²) < 4.78 is 21.6. The van der Waals surface area contributed by atoms with Gasteiger partial charge in [-0.1, -0.05) is 24.3 Å². The van der Waals surface area contributed by atoms with Crippen molar-refractivity contribution < 1.29 is 18.9 Å². The second-order valence-corrected chi connectivity index (χ2v) is 3.82. The summed E-state index contributed by atoms with van der Waals surface area (Å²) in [5.74, 6) is 1.42. The topological polar surface area (TPSA) is 36.9 Å². The molecule has 1 aromatic rings. The summed E-state index contributed by atoms with van der Waals surface area (Å²) in [6.07, 6.45) is 6.96. The van der Waals surface area contributed by atoms with Crippen molar-refractivity contribution in [2.24, 2.45) is 0 Å². The molecule has 0 N–H and O–H groups in total. The van der Waals surface area contributed by atoms with Crippen LogP contribution in [0.25, 0.3) is 0 Å². The zero-order chi connectivity index (χ0) is 14.5. The minimum atomic E-state index is 0.472. The van der Waals surface area contributed by atoms with E-state index >= 15 is 0 Å². The Hall–Kier alpha value is -2.10. The van der Waals surface area contributed by atoms with Crippen LogP contribution in [0.1, 0.15) is 13.8 Å². The molecule has 0 unspecified atom stereocenters. The maximum absolute atomic E-state index is 5.62. The molecule has 0 aliphatic heterocycles. The van der Waals surface area contributed by atoms with E-state index < -0.39 is 0 Å². The van der Waals surface area contributed by atoms with Gasteiger partial charge in [-0.15, -0.1) is 0 Å². The lowest BCUT2D eigenvalue weighted by atomic mass is 10.3. The van der Waals surface area contributed by atoms with Crippen molar-refractivity contribution in [1.82, 2.24) is 0 Å². The third-order valence-corrected chi connectivity index (χ3v) is 2.23.